The lowest BCUT2D eigenvalue weighted by Crippen LogP contribution is -2.15. The number of para-hydroxylation sites is 1. The average Bonchev–Trinajstić information content (AvgIpc) is 3.09. The molecule has 5 nitrogen and oxygen atoms in total. The number of nitrogens with zero attached hydrogens (tertiary/aromatic N) is 3. The first-order chi connectivity index (χ1) is 14.7. The van der Waals surface area contributed by atoms with Crippen LogP contribution in [-0.2, 0) is 17.8 Å². The van der Waals surface area contributed by atoms with Gasteiger partial charge in [-0.2, -0.15) is 4.98 Å². The highest BCUT2D eigenvalue weighted by Crippen LogP contribution is 2.33. The van der Waals surface area contributed by atoms with E-state index in [1.54, 1.807) is 4.68 Å². The number of hydrogen-bond donors (Lipinski definition) is 1. The lowest BCUT2D eigenvalue weighted by molar-refractivity contribution is -0.115. The van der Waals surface area contributed by atoms with Crippen LogP contribution in [0.15, 0.2) is 95.0 Å². The van der Waals surface area contributed by atoms with Gasteiger partial charge in [0.1, 0.15) is 0 Å². The van der Waals surface area contributed by atoms with Gasteiger partial charge in [-0.25, -0.2) is 4.68 Å². The molecule has 1 N–H and O–H groups in total. The van der Waals surface area contributed by atoms with E-state index in [1.165, 1.54) is 11.8 Å². The van der Waals surface area contributed by atoms with Crippen LogP contribution in [0.25, 0.3) is 0 Å². The number of rotatable bonds is 7. The maximum Gasteiger partial charge on any atom is 0.243 e. The van der Waals surface area contributed by atoms with E-state index in [4.69, 9.17) is 11.6 Å². The minimum Gasteiger partial charge on any atom is -0.325 e. The van der Waals surface area contributed by atoms with E-state index in [-0.39, 0.29) is 11.2 Å². The number of anilines is 1. The first kappa shape index (κ1) is 20.2. The molecule has 4 rings (SSSR count). The van der Waals surface area contributed by atoms with Crippen LogP contribution >= 0.6 is 23.4 Å². The molecule has 0 aliphatic heterocycles. The summed E-state index contributed by atoms with van der Waals surface area (Å²) in [5, 5.41) is 8.17. The first-order valence-corrected chi connectivity index (χ1v) is 10.6. The van der Waals surface area contributed by atoms with E-state index in [0.717, 1.165) is 21.7 Å². The summed E-state index contributed by atoms with van der Waals surface area (Å²) in [6.45, 7) is 0.561. The summed E-state index contributed by atoms with van der Waals surface area (Å²) in [6, 6.07) is 27.3. The van der Waals surface area contributed by atoms with Gasteiger partial charge >= 0.3 is 0 Å². The fraction of sp³-hybridized carbons (Fsp3) is 0.0870. The van der Waals surface area contributed by atoms with Crippen molar-refractivity contribution in [3.05, 3.63) is 101 Å². The molecule has 1 aromatic heterocycles. The van der Waals surface area contributed by atoms with Crippen molar-refractivity contribution in [2.75, 3.05) is 5.32 Å². The highest BCUT2D eigenvalue weighted by atomic mass is 35.5. The van der Waals surface area contributed by atoms with Crippen LogP contribution in [0.4, 0.5) is 5.69 Å². The van der Waals surface area contributed by atoms with Crippen LogP contribution in [-0.4, -0.2) is 20.7 Å². The molecule has 0 saturated carbocycles. The van der Waals surface area contributed by atoms with Crippen molar-refractivity contribution in [2.24, 2.45) is 0 Å². The minimum absolute atomic E-state index is 0.0713. The zero-order valence-electron chi connectivity index (χ0n) is 16.0. The fourth-order valence-corrected chi connectivity index (χ4v) is 4.11. The first-order valence-electron chi connectivity index (χ1n) is 9.42. The van der Waals surface area contributed by atoms with Gasteiger partial charge in [-0.05, 0) is 46.6 Å². The molecule has 0 atom stereocenters. The van der Waals surface area contributed by atoms with Crippen molar-refractivity contribution in [3.8, 4) is 0 Å². The Hall–Kier alpha value is -3.09. The fourth-order valence-electron chi connectivity index (χ4n) is 2.97. The molecule has 0 fully saturated rings. The smallest absolute Gasteiger partial charge is 0.243 e. The molecule has 7 heteroatoms. The molecule has 0 spiro atoms. The molecule has 1 amide bonds. The second-order valence-electron chi connectivity index (χ2n) is 6.62. The van der Waals surface area contributed by atoms with E-state index in [1.807, 2.05) is 84.9 Å². The van der Waals surface area contributed by atoms with Crippen molar-refractivity contribution in [1.29, 1.82) is 0 Å². The van der Waals surface area contributed by atoms with Crippen LogP contribution in [0.3, 0.4) is 0 Å². The third-order valence-corrected chi connectivity index (χ3v) is 5.58. The number of aromatic nitrogens is 3. The van der Waals surface area contributed by atoms with E-state index in [0.29, 0.717) is 18.1 Å². The number of amides is 1. The predicted molar refractivity (Wildman–Crippen MR) is 120 cm³/mol. The molecule has 4 aromatic rings. The zero-order valence-corrected chi connectivity index (χ0v) is 17.6. The van der Waals surface area contributed by atoms with Crippen molar-refractivity contribution in [3.63, 3.8) is 0 Å². The number of halogens is 1. The summed E-state index contributed by atoms with van der Waals surface area (Å²) < 4.78 is 1.77. The minimum atomic E-state index is -0.0713. The molecule has 0 bridgehead atoms. The third kappa shape index (κ3) is 5.28. The van der Waals surface area contributed by atoms with Gasteiger partial charge in [-0.1, -0.05) is 72.8 Å². The Bertz CT molecular complexity index is 1130. The highest BCUT2D eigenvalue weighted by Gasteiger charge is 2.14. The maximum atomic E-state index is 12.5. The van der Waals surface area contributed by atoms with E-state index >= 15 is 0 Å². The van der Waals surface area contributed by atoms with Crippen LogP contribution in [0.2, 0.25) is 5.28 Å². The Labute approximate surface area is 184 Å². The van der Waals surface area contributed by atoms with E-state index < -0.39 is 0 Å². The summed E-state index contributed by atoms with van der Waals surface area (Å²) in [5.41, 5.74) is 2.80. The second-order valence-corrected chi connectivity index (χ2v) is 7.96. The van der Waals surface area contributed by atoms with Gasteiger partial charge in [0, 0.05) is 4.90 Å². The average molecular weight is 435 g/mol. The Morgan fingerprint density at radius 1 is 0.900 bits per heavy atom. The lowest BCUT2D eigenvalue weighted by atomic mass is 10.1. The second kappa shape index (κ2) is 9.61. The number of nitrogens with one attached hydrogen (secondary N) is 1. The SMILES string of the molecule is O=C(Cc1ccccc1)Nc1ccccc1Sc1nc(Cl)nn1Cc1ccccc1. The van der Waals surface area contributed by atoms with Gasteiger partial charge in [-0.15, -0.1) is 5.10 Å². The Morgan fingerprint density at radius 2 is 1.53 bits per heavy atom. The summed E-state index contributed by atoms with van der Waals surface area (Å²) in [6.07, 6.45) is 0.315. The number of carbonyl (C=O) groups is 1. The number of hydrogen-bond acceptors (Lipinski definition) is 4. The Morgan fingerprint density at radius 3 is 2.27 bits per heavy atom. The standard InChI is InChI=1S/C23H19ClN4OS/c24-22-26-23(28(27-22)16-18-11-5-2-6-12-18)30-20-14-8-7-13-19(20)25-21(29)15-17-9-3-1-4-10-17/h1-14H,15-16H2,(H,25,29). The predicted octanol–water partition coefficient (Wildman–Crippen LogP) is 5.31. The highest BCUT2D eigenvalue weighted by molar-refractivity contribution is 7.99. The summed E-state index contributed by atoms with van der Waals surface area (Å²) in [7, 11) is 0. The zero-order chi connectivity index (χ0) is 20.8. The number of carbonyl (C=O) groups excluding carboxylic acids is 1. The topological polar surface area (TPSA) is 59.8 Å². The molecule has 0 aliphatic rings. The molecule has 30 heavy (non-hydrogen) atoms. The van der Waals surface area contributed by atoms with Crippen LogP contribution in [0.1, 0.15) is 11.1 Å². The van der Waals surface area contributed by atoms with Gasteiger partial charge in [0.2, 0.25) is 11.2 Å². The van der Waals surface area contributed by atoms with Crippen molar-refractivity contribution in [2.45, 2.75) is 23.0 Å². The molecule has 150 valence electrons. The molecule has 0 saturated heterocycles. The van der Waals surface area contributed by atoms with E-state index in [2.05, 4.69) is 15.4 Å². The van der Waals surface area contributed by atoms with Gasteiger partial charge in [0.25, 0.3) is 0 Å². The van der Waals surface area contributed by atoms with E-state index in [9.17, 15) is 4.79 Å². The van der Waals surface area contributed by atoms with Gasteiger partial charge in [0.05, 0.1) is 18.7 Å². The van der Waals surface area contributed by atoms with Gasteiger partial charge in [0.15, 0.2) is 5.16 Å². The largest absolute Gasteiger partial charge is 0.325 e. The molecule has 0 aliphatic carbocycles. The third-order valence-electron chi connectivity index (χ3n) is 4.36. The van der Waals surface area contributed by atoms with Gasteiger partial charge in [-0.3, -0.25) is 4.79 Å². The molecule has 0 radical (unpaired) electrons. The van der Waals surface area contributed by atoms with Crippen molar-refractivity contribution < 1.29 is 4.79 Å². The van der Waals surface area contributed by atoms with Crippen LogP contribution in [0, 0.1) is 0 Å². The molecule has 0 unspecified atom stereocenters. The molecule has 1 heterocycles. The van der Waals surface area contributed by atoms with Crippen molar-refractivity contribution >= 4 is 35.0 Å². The quantitative estimate of drug-likeness (QED) is 0.428. The van der Waals surface area contributed by atoms with Crippen LogP contribution < -0.4 is 5.32 Å². The Balaban J connectivity index is 1.51. The van der Waals surface area contributed by atoms with Crippen LogP contribution in [0.5, 0.6) is 0 Å². The Kier molecular flexibility index (Phi) is 6.47. The maximum absolute atomic E-state index is 12.5. The summed E-state index contributed by atoms with van der Waals surface area (Å²) >= 11 is 7.51. The van der Waals surface area contributed by atoms with Crippen molar-refractivity contribution in [1.82, 2.24) is 14.8 Å². The molecular weight excluding hydrogens is 416 g/mol. The normalized spacial score (nSPS) is 10.7. The molecule has 3 aromatic carbocycles. The monoisotopic (exact) mass is 434 g/mol. The van der Waals surface area contributed by atoms with Gasteiger partial charge < -0.3 is 5.32 Å². The molecular formula is C23H19ClN4OS. The lowest BCUT2D eigenvalue weighted by Gasteiger charge is -2.11. The number of benzene rings is 3. The summed E-state index contributed by atoms with van der Waals surface area (Å²) in [5.74, 6) is -0.0713. The summed E-state index contributed by atoms with van der Waals surface area (Å²) in [4.78, 5) is 17.8.